The molecule has 0 saturated heterocycles. The maximum absolute atomic E-state index is 11.3. The van der Waals surface area contributed by atoms with E-state index in [0.29, 0.717) is 12.4 Å². The summed E-state index contributed by atoms with van der Waals surface area (Å²) in [6.07, 6.45) is 3.33. The highest BCUT2D eigenvalue weighted by molar-refractivity contribution is 7.11. The molecular formula is C11H12N4O2S. The van der Waals surface area contributed by atoms with Gasteiger partial charge in [-0.3, -0.25) is 0 Å². The van der Waals surface area contributed by atoms with Crippen LogP contribution in [0.5, 0.6) is 0 Å². The number of thiazole rings is 1. The van der Waals surface area contributed by atoms with Gasteiger partial charge in [-0.15, -0.1) is 11.3 Å². The van der Waals surface area contributed by atoms with E-state index in [9.17, 15) is 4.79 Å². The molecule has 0 fully saturated rings. The number of nitrogens with zero attached hydrogens (tertiary/aromatic N) is 3. The third-order valence-corrected chi connectivity index (χ3v) is 3.03. The molecule has 7 heteroatoms. The number of aromatic nitrogens is 3. The van der Waals surface area contributed by atoms with Crippen LogP contribution in [0.15, 0.2) is 18.5 Å². The van der Waals surface area contributed by atoms with Gasteiger partial charge < -0.3 is 10.1 Å². The van der Waals surface area contributed by atoms with Crippen molar-refractivity contribution in [3.8, 4) is 0 Å². The lowest BCUT2D eigenvalue weighted by molar-refractivity contribution is 0.0587. The Kier molecular flexibility index (Phi) is 3.83. The number of esters is 1. The zero-order chi connectivity index (χ0) is 13.0. The predicted octanol–water partition coefficient (Wildman–Crippen LogP) is 1.64. The van der Waals surface area contributed by atoms with Crippen LogP contribution >= 0.6 is 11.3 Å². The van der Waals surface area contributed by atoms with Crippen LogP contribution in [-0.2, 0) is 11.3 Å². The molecule has 0 aromatic carbocycles. The quantitative estimate of drug-likeness (QED) is 0.846. The number of ether oxygens (including phenoxy) is 1. The number of nitrogens with one attached hydrogen (secondary N) is 1. The van der Waals surface area contributed by atoms with Crippen molar-refractivity contribution in [1.29, 1.82) is 0 Å². The standard InChI is InChI=1S/C11H12N4O2S/c1-7-5-14-9(18-7)6-13-8-3-4-12-10(15-8)11(16)17-2/h3-5H,6H2,1-2H3,(H,12,13,15). The van der Waals surface area contributed by atoms with E-state index >= 15 is 0 Å². The van der Waals surface area contributed by atoms with E-state index in [-0.39, 0.29) is 5.82 Å². The van der Waals surface area contributed by atoms with Crippen molar-refractivity contribution in [3.63, 3.8) is 0 Å². The summed E-state index contributed by atoms with van der Waals surface area (Å²) in [5.41, 5.74) is 0. The summed E-state index contributed by atoms with van der Waals surface area (Å²) in [6, 6.07) is 1.69. The molecule has 6 nitrogen and oxygen atoms in total. The maximum atomic E-state index is 11.3. The first-order valence-electron chi connectivity index (χ1n) is 5.25. The molecule has 0 saturated carbocycles. The van der Waals surface area contributed by atoms with Crippen molar-refractivity contribution < 1.29 is 9.53 Å². The highest BCUT2D eigenvalue weighted by atomic mass is 32.1. The summed E-state index contributed by atoms with van der Waals surface area (Å²) in [5.74, 6) is 0.0554. The third-order valence-electron chi connectivity index (χ3n) is 2.11. The van der Waals surface area contributed by atoms with Gasteiger partial charge in [0.15, 0.2) is 0 Å². The van der Waals surface area contributed by atoms with E-state index in [0.717, 1.165) is 9.88 Å². The minimum Gasteiger partial charge on any atom is -0.463 e. The molecule has 0 aliphatic carbocycles. The van der Waals surface area contributed by atoms with Gasteiger partial charge in [0.05, 0.1) is 13.7 Å². The van der Waals surface area contributed by atoms with Gasteiger partial charge in [-0.2, -0.15) is 0 Å². The topological polar surface area (TPSA) is 77.0 Å². The van der Waals surface area contributed by atoms with Gasteiger partial charge in [0, 0.05) is 17.3 Å². The molecule has 0 radical (unpaired) electrons. The lowest BCUT2D eigenvalue weighted by atomic mass is 10.5. The second kappa shape index (κ2) is 5.54. The minimum atomic E-state index is -0.552. The van der Waals surface area contributed by atoms with Crippen molar-refractivity contribution >= 4 is 23.1 Å². The van der Waals surface area contributed by atoms with Gasteiger partial charge in [0.25, 0.3) is 0 Å². The summed E-state index contributed by atoms with van der Waals surface area (Å²) in [6.45, 7) is 2.57. The second-order valence-corrected chi connectivity index (χ2v) is 4.79. The number of carbonyl (C=O) groups is 1. The Hall–Kier alpha value is -2.02. The molecule has 0 spiro atoms. The van der Waals surface area contributed by atoms with Crippen LogP contribution < -0.4 is 5.32 Å². The molecule has 2 aromatic heterocycles. The first-order valence-corrected chi connectivity index (χ1v) is 6.07. The molecule has 1 N–H and O–H groups in total. The van der Waals surface area contributed by atoms with E-state index < -0.39 is 5.97 Å². The first-order chi connectivity index (χ1) is 8.69. The molecule has 18 heavy (non-hydrogen) atoms. The summed E-state index contributed by atoms with van der Waals surface area (Å²) < 4.78 is 4.56. The fourth-order valence-electron chi connectivity index (χ4n) is 1.30. The van der Waals surface area contributed by atoms with Crippen molar-refractivity contribution in [2.75, 3.05) is 12.4 Å². The lowest BCUT2D eigenvalue weighted by Gasteiger charge is -2.04. The highest BCUT2D eigenvalue weighted by Gasteiger charge is 2.09. The molecule has 0 bridgehead atoms. The van der Waals surface area contributed by atoms with E-state index in [1.54, 1.807) is 17.4 Å². The molecule has 0 unspecified atom stereocenters. The van der Waals surface area contributed by atoms with Gasteiger partial charge >= 0.3 is 5.97 Å². The molecule has 0 aliphatic rings. The van der Waals surface area contributed by atoms with E-state index in [2.05, 4.69) is 25.0 Å². The summed E-state index contributed by atoms with van der Waals surface area (Å²) in [5, 5.41) is 4.05. The average molecular weight is 264 g/mol. The Labute approximate surface area is 108 Å². The Bertz CT molecular complexity index is 555. The van der Waals surface area contributed by atoms with Crippen molar-refractivity contribution in [1.82, 2.24) is 15.0 Å². The Morgan fingerprint density at radius 1 is 1.50 bits per heavy atom. The SMILES string of the molecule is COC(=O)c1nccc(NCc2ncc(C)s2)n1. The summed E-state index contributed by atoms with van der Waals surface area (Å²) in [7, 11) is 1.30. The van der Waals surface area contributed by atoms with Gasteiger partial charge in [0.2, 0.25) is 5.82 Å². The number of carbonyl (C=O) groups excluding carboxylic acids is 1. The van der Waals surface area contributed by atoms with E-state index in [1.165, 1.54) is 13.3 Å². The lowest BCUT2D eigenvalue weighted by Crippen LogP contribution is -2.09. The summed E-state index contributed by atoms with van der Waals surface area (Å²) >= 11 is 1.61. The average Bonchev–Trinajstić information content (AvgIpc) is 2.81. The number of hydrogen-bond acceptors (Lipinski definition) is 7. The Morgan fingerprint density at radius 2 is 2.33 bits per heavy atom. The van der Waals surface area contributed by atoms with Crippen LogP contribution in [-0.4, -0.2) is 28.0 Å². The number of rotatable bonds is 4. The predicted molar refractivity (Wildman–Crippen MR) is 67.5 cm³/mol. The zero-order valence-corrected chi connectivity index (χ0v) is 10.8. The molecule has 2 rings (SSSR count). The fraction of sp³-hybridized carbons (Fsp3) is 0.273. The number of anilines is 1. The summed E-state index contributed by atoms with van der Waals surface area (Å²) in [4.78, 5) is 24.5. The van der Waals surface area contributed by atoms with Crippen LogP contribution in [0.2, 0.25) is 0 Å². The van der Waals surface area contributed by atoms with Crippen LogP contribution in [0.1, 0.15) is 20.5 Å². The molecule has 0 amide bonds. The van der Waals surface area contributed by atoms with Gasteiger partial charge in [0.1, 0.15) is 10.8 Å². The van der Waals surface area contributed by atoms with Crippen LogP contribution in [0.3, 0.4) is 0 Å². The second-order valence-electron chi connectivity index (χ2n) is 3.48. The minimum absolute atomic E-state index is 0.0396. The molecule has 94 valence electrons. The normalized spacial score (nSPS) is 10.1. The third kappa shape index (κ3) is 3.01. The van der Waals surface area contributed by atoms with Crippen molar-refractivity contribution in [2.24, 2.45) is 0 Å². The largest absolute Gasteiger partial charge is 0.463 e. The van der Waals surface area contributed by atoms with Crippen LogP contribution in [0.25, 0.3) is 0 Å². The first kappa shape index (κ1) is 12.4. The Balaban J connectivity index is 2.03. The van der Waals surface area contributed by atoms with E-state index in [4.69, 9.17) is 0 Å². The molecule has 2 heterocycles. The highest BCUT2D eigenvalue weighted by Crippen LogP contribution is 2.12. The van der Waals surface area contributed by atoms with E-state index in [1.807, 2.05) is 13.1 Å². The monoisotopic (exact) mass is 264 g/mol. The smallest absolute Gasteiger partial charge is 0.376 e. The molecule has 0 atom stereocenters. The van der Waals surface area contributed by atoms with Gasteiger partial charge in [-0.25, -0.2) is 19.7 Å². The van der Waals surface area contributed by atoms with Gasteiger partial charge in [-0.05, 0) is 13.0 Å². The maximum Gasteiger partial charge on any atom is 0.376 e. The number of hydrogen-bond donors (Lipinski definition) is 1. The van der Waals surface area contributed by atoms with Crippen LogP contribution in [0, 0.1) is 6.92 Å². The number of aryl methyl sites for hydroxylation is 1. The zero-order valence-electron chi connectivity index (χ0n) is 10.0. The number of methoxy groups -OCH3 is 1. The molecule has 0 aliphatic heterocycles. The fourth-order valence-corrected chi connectivity index (χ4v) is 2.02. The molecule has 2 aromatic rings. The molecular weight excluding hydrogens is 252 g/mol. The van der Waals surface area contributed by atoms with Crippen LogP contribution in [0.4, 0.5) is 5.82 Å². The Morgan fingerprint density at radius 3 is 3.00 bits per heavy atom. The van der Waals surface area contributed by atoms with Crippen molar-refractivity contribution in [3.05, 3.63) is 34.2 Å². The van der Waals surface area contributed by atoms with Gasteiger partial charge in [-0.1, -0.05) is 0 Å². The van der Waals surface area contributed by atoms with Crippen molar-refractivity contribution in [2.45, 2.75) is 13.5 Å².